The smallest absolute Gasteiger partial charge is 0.203 e. The average molecular weight is 267 g/mol. The molecule has 19 heavy (non-hydrogen) atoms. The fraction of sp³-hybridized carbons (Fsp3) is 0.600. The maximum Gasteiger partial charge on any atom is 0.203 e. The number of nitrogens with one attached hydrogen (secondary N) is 1. The molecule has 1 aromatic rings. The molecule has 0 saturated carbocycles. The molecule has 1 unspecified atom stereocenters. The zero-order valence-electron chi connectivity index (χ0n) is 12.6. The predicted molar refractivity (Wildman–Crippen MR) is 77.4 cm³/mol. The predicted octanol–water partition coefficient (Wildman–Crippen LogP) is 3.16. The molecular weight excluding hydrogens is 242 g/mol. The SMILES string of the molecule is CCCCC(NC)c1cc(OC)c(OC)c(OC)c1. The Morgan fingerprint density at radius 3 is 2.00 bits per heavy atom. The van der Waals surface area contributed by atoms with Gasteiger partial charge in [-0.3, -0.25) is 0 Å². The van der Waals surface area contributed by atoms with Gasteiger partial charge < -0.3 is 19.5 Å². The van der Waals surface area contributed by atoms with E-state index in [2.05, 4.69) is 12.2 Å². The van der Waals surface area contributed by atoms with E-state index in [4.69, 9.17) is 14.2 Å². The highest BCUT2D eigenvalue weighted by Crippen LogP contribution is 2.40. The monoisotopic (exact) mass is 267 g/mol. The first kappa shape index (κ1) is 15.6. The third-order valence-electron chi connectivity index (χ3n) is 3.28. The van der Waals surface area contributed by atoms with E-state index in [1.54, 1.807) is 21.3 Å². The molecule has 1 rings (SSSR count). The third kappa shape index (κ3) is 3.77. The summed E-state index contributed by atoms with van der Waals surface area (Å²) < 4.78 is 16.1. The van der Waals surface area contributed by atoms with Crippen molar-refractivity contribution in [3.05, 3.63) is 17.7 Å². The van der Waals surface area contributed by atoms with Crippen LogP contribution < -0.4 is 19.5 Å². The second-order valence-corrected chi connectivity index (χ2v) is 4.44. The minimum atomic E-state index is 0.300. The minimum Gasteiger partial charge on any atom is -0.493 e. The van der Waals surface area contributed by atoms with Gasteiger partial charge in [-0.25, -0.2) is 0 Å². The van der Waals surface area contributed by atoms with Crippen LogP contribution in [-0.4, -0.2) is 28.4 Å². The first-order valence-electron chi connectivity index (χ1n) is 6.68. The standard InChI is InChI=1S/C15H25NO3/c1-6-7-8-12(16-2)11-9-13(17-3)15(19-5)14(10-11)18-4/h9-10,12,16H,6-8H2,1-5H3. The summed E-state index contributed by atoms with van der Waals surface area (Å²) in [5.74, 6) is 2.04. The van der Waals surface area contributed by atoms with Crippen molar-refractivity contribution < 1.29 is 14.2 Å². The molecule has 1 aromatic carbocycles. The molecule has 0 spiro atoms. The maximum absolute atomic E-state index is 5.39. The van der Waals surface area contributed by atoms with Crippen molar-refractivity contribution >= 4 is 0 Å². The van der Waals surface area contributed by atoms with Gasteiger partial charge in [-0.1, -0.05) is 19.8 Å². The molecule has 1 atom stereocenters. The first-order chi connectivity index (χ1) is 9.21. The van der Waals surface area contributed by atoms with Crippen molar-refractivity contribution in [3.8, 4) is 17.2 Å². The van der Waals surface area contributed by atoms with Crippen LogP contribution in [0.5, 0.6) is 17.2 Å². The summed E-state index contributed by atoms with van der Waals surface area (Å²) in [5, 5.41) is 3.34. The van der Waals surface area contributed by atoms with Gasteiger partial charge in [-0.05, 0) is 31.2 Å². The molecule has 0 heterocycles. The lowest BCUT2D eigenvalue weighted by molar-refractivity contribution is 0.323. The summed E-state index contributed by atoms with van der Waals surface area (Å²) in [6.07, 6.45) is 3.45. The maximum atomic E-state index is 5.39. The van der Waals surface area contributed by atoms with E-state index in [0.717, 1.165) is 12.0 Å². The summed E-state index contributed by atoms with van der Waals surface area (Å²) in [7, 11) is 6.87. The van der Waals surface area contributed by atoms with Gasteiger partial charge in [-0.2, -0.15) is 0 Å². The normalized spacial score (nSPS) is 12.1. The summed E-state index contributed by atoms with van der Waals surface area (Å²) in [6.45, 7) is 2.20. The number of rotatable bonds is 8. The Bertz CT molecular complexity index is 368. The number of unbranched alkanes of at least 4 members (excludes halogenated alkanes) is 1. The van der Waals surface area contributed by atoms with Crippen molar-refractivity contribution in [2.24, 2.45) is 0 Å². The summed E-state index contributed by atoms with van der Waals surface area (Å²) >= 11 is 0. The fourth-order valence-electron chi connectivity index (χ4n) is 2.19. The number of hydrogen-bond acceptors (Lipinski definition) is 4. The Morgan fingerprint density at radius 1 is 1.05 bits per heavy atom. The van der Waals surface area contributed by atoms with Crippen LogP contribution >= 0.6 is 0 Å². The van der Waals surface area contributed by atoms with Crippen LogP contribution in [0.4, 0.5) is 0 Å². The van der Waals surface area contributed by atoms with Gasteiger partial charge in [0.15, 0.2) is 11.5 Å². The fourth-order valence-corrected chi connectivity index (χ4v) is 2.19. The van der Waals surface area contributed by atoms with Crippen molar-refractivity contribution in [1.82, 2.24) is 5.32 Å². The Labute approximate surface area is 116 Å². The van der Waals surface area contributed by atoms with Gasteiger partial charge in [0.1, 0.15) is 0 Å². The van der Waals surface area contributed by atoms with Gasteiger partial charge in [0.2, 0.25) is 5.75 Å². The minimum absolute atomic E-state index is 0.300. The highest BCUT2D eigenvalue weighted by atomic mass is 16.5. The molecule has 0 aromatic heterocycles. The van der Waals surface area contributed by atoms with Gasteiger partial charge in [-0.15, -0.1) is 0 Å². The Kier molecular flexibility index (Phi) is 6.50. The van der Waals surface area contributed by atoms with Crippen molar-refractivity contribution in [1.29, 1.82) is 0 Å². The van der Waals surface area contributed by atoms with E-state index in [1.807, 2.05) is 19.2 Å². The number of methoxy groups -OCH3 is 3. The molecule has 0 aliphatic carbocycles. The van der Waals surface area contributed by atoms with Gasteiger partial charge in [0, 0.05) is 6.04 Å². The van der Waals surface area contributed by atoms with Crippen LogP contribution in [0, 0.1) is 0 Å². The van der Waals surface area contributed by atoms with Crippen LogP contribution in [0.3, 0.4) is 0 Å². The molecule has 0 bridgehead atoms. The van der Waals surface area contributed by atoms with Crippen LogP contribution in [0.25, 0.3) is 0 Å². The quantitative estimate of drug-likeness (QED) is 0.785. The number of hydrogen-bond donors (Lipinski definition) is 1. The molecule has 108 valence electrons. The van der Waals surface area contributed by atoms with Crippen LogP contribution in [0.1, 0.15) is 37.8 Å². The molecular formula is C15H25NO3. The molecule has 0 aliphatic heterocycles. The lowest BCUT2D eigenvalue weighted by Crippen LogP contribution is -2.16. The molecule has 0 saturated heterocycles. The topological polar surface area (TPSA) is 39.7 Å². The molecule has 0 aliphatic rings. The molecule has 0 radical (unpaired) electrons. The summed E-state index contributed by atoms with van der Waals surface area (Å²) in [5.41, 5.74) is 1.16. The van der Waals surface area contributed by atoms with Gasteiger partial charge in [0.05, 0.1) is 21.3 Å². The second-order valence-electron chi connectivity index (χ2n) is 4.44. The lowest BCUT2D eigenvalue weighted by Gasteiger charge is -2.20. The van der Waals surface area contributed by atoms with E-state index in [-0.39, 0.29) is 0 Å². The molecule has 0 fully saturated rings. The van der Waals surface area contributed by atoms with E-state index >= 15 is 0 Å². The average Bonchev–Trinajstić information content (AvgIpc) is 2.46. The zero-order chi connectivity index (χ0) is 14.3. The lowest BCUT2D eigenvalue weighted by atomic mass is 10.0. The zero-order valence-corrected chi connectivity index (χ0v) is 12.6. The molecule has 0 amide bonds. The Hall–Kier alpha value is -1.42. The molecule has 4 heteroatoms. The molecule has 4 nitrogen and oxygen atoms in total. The van der Waals surface area contributed by atoms with Gasteiger partial charge >= 0.3 is 0 Å². The number of benzene rings is 1. The number of ether oxygens (including phenoxy) is 3. The largest absolute Gasteiger partial charge is 0.493 e. The van der Waals surface area contributed by atoms with Gasteiger partial charge in [0.25, 0.3) is 0 Å². The third-order valence-corrected chi connectivity index (χ3v) is 3.28. The first-order valence-corrected chi connectivity index (χ1v) is 6.68. The highest BCUT2D eigenvalue weighted by Gasteiger charge is 2.17. The van der Waals surface area contributed by atoms with E-state index in [0.29, 0.717) is 23.3 Å². The van der Waals surface area contributed by atoms with E-state index in [1.165, 1.54) is 12.8 Å². The van der Waals surface area contributed by atoms with Crippen molar-refractivity contribution in [3.63, 3.8) is 0 Å². The van der Waals surface area contributed by atoms with Crippen LogP contribution in [0.2, 0.25) is 0 Å². The van der Waals surface area contributed by atoms with E-state index in [9.17, 15) is 0 Å². The van der Waals surface area contributed by atoms with Crippen molar-refractivity contribution in [2.75, 3.05) is 28.4 Å². The molecule has 1 N–H and O–H groups in total. The highest BCUT2D eigenvalue weighted by molar-refractivity contribution is 5.54. The van der Waals surface area contributed by atoms with Crippen molar-refractivity contribution in [2.45, 2.75) is 32.2 Å². The Balaban J connectivity index is 3.12. The summed E-state index contributed by atoms with van der Waals surface area (Å²) in [6, 6.07) is 4.32. The summed E-state index contributed by atoms with van der Waals surface area (Å²) in [4.78, 5) is 0. The second kappa shape index (κ2) is 7.89. The van der Waals surface area contributed by atoms with Crippen LogP contribution in [-0.2, 0) is 0 Å². The van der Waals surface area contributed by atoms with E-state index < -0.39 is 0 Å². The van der Waals surface area contributed by atoms with Crippen LogP contribution in [0.15, 0.2) is 12.1 Å². The Morgan fingerprint density at radius 2 is 1.63 bits per heavy atom.